The second-order valence-electron chi connectivity index (χ2n) is 7.70. The maximum atomic E-state index is 13.4. The molecule has 1 N–H and O–H groups in total. The molecule has 0 aromatic heterocycles. The van der Waals surface area contributed by atoms with Crippen molar-refractivity contribution in [3.8, 4) is 5.75 Å². The Labute approximate surface area is 176 Å². The number of methoxy groups -OCH3 is 2. The number of carbonyl (C=O) groups excluding carboxylic acids is 2. The summed E-state index contributed by atoms with van der Waals surface area (Å²) in [4.78, 5) is 26.2. The number of esters is 1. The molecule has 2 aromatic rings. The van der Waals surface area contributed by atoms with E-state index in [0.717, 1.165) is 16.8 Å². The molecule has 1 heterocycles. The first-order chi connectivity index (χ1) is 14.5. The highest BCUT2D eigenvalue weighted by Gasteiger charge is 2.46. The number of hydrogen-bond donors (Lipinski definition) is 1. The number of ether oxygens (including phenoxy) is 2. The fraction of sp³-hybridized carbons (Fsp3) is 0.280. The predicted octanol–water partition coefficient (Wildman–Crippen LogP) is 4.09. The Morgan fingerprint density at radius 1 is 1.03 bits per heavy atom. The van der Waals surface area contributed by atoms with Gasteiger partial charge in [0.25, 0.3) is 0 Å². The van der Waals surface area contributed by atoms with E-state index in [4.69, 9.17) is 9.47 Å². The number of nitrogens with one attached hydrogen (secondary N) is 1. The Kier molecular flexibility index (Phi) is 5.44. The summed E-state index contributed by atoms with van der Waals surface area (Å²) in [6.07, 6.45) is 1.08. The lowest BCUT2D eigenvalue weighted by Crippen LogP contribution is -2.42. The number of Topliss-reactive ketones (excluding diaryl/α,β-unsaturated/α-hetero) is 1. The van der Waals surface area contributed by atoms with Gasteiger partial charge in [-0.3, -0.25) is 9.59 Å². The highest BCUT2D eigenvalue weighted by Crippen LogP contribution is 2.48. The second kappa shape index (κ2) is 8.19. The molecule has 0 amide bonds. The molecule has 3 unspecified atom stereocenters. The molecule has 2 aliphatic rings. The van der Waals surface area contributed by atoms with Crippen molar-refractivity contribution < 1.29 is 19.1 Å². The summed E-state index contributed by atoms with van der Waals surface area (Å²) in [5.74, 6) is -0.867. The zero-order valence-electron chi connectivity index (χ0n) is 17.2. The summed E-state index contributed by atoms with van der Waals surface area (Å²) in [6.45, 7) is 4.11. The summed E-state index contributed by atoms with van der Waals surface area (Å²) in [6, 6.07) is 17.5. The van der Waals surface area contributed by atoms with Gasteiger partial charge in [-0.25, -0.2) is 0 Å². The lowest BCUT2D eigenvalue weighted by Gasteiger charge is -2.40. The fourth-order valence-corrected chi connectivity index (χ4v) is 4.67. The van der Waals surface area contributed by atoms with Gasteiger partial charge in [0.15, 0.2) is 5.78 Å². The average molecular weight is 403 g/mol. The molecule has 4 rings (SSSR count). The number of carbonyl (C=O) groups is 2. The molecule has 5 heteroatoms. The third kappa shape index (κ3) is 3.41. The molecule has 1 aliphatic carbocycles. The summed E-state index contributed by atoms with van der Waals surface area (Å²) in [5.41, 5.74) is 3.93. The SMILES string of the molecule is C=C1NC2=C(C(=O)CC(c3ccccc3)C2)C(c2ccccc2OC)C1C(=O)OC. The van der Waals surface area contributed by atoms with Crippen LogP contribution >= 0.6 is 0 Å². The van der Waals surface area contributed by atoms with Crippen molar-refractivity contribution in [3.63, 3.8) is 0 Å². The molecule has 154 valence electrons. The molecule has 0 fully saturated rings. The lowest BCUT2D eigenvalue weighted by molar-refractivity contribution is -0.144. The molecule has 2 aromatic carbocycles. The van der Waals surface area contributed by atoms with E-state index in [9.17, 15) is 9.59 Å². The molecule has 0 radical (unpaired) electrons. The van der Waals surface area contributed by atoms with Crippen molar-refractivity contribution >= 4 is 11.8 Å². The first kappa shape index (κ1) is 20.0. The van der Waals surface area contributed by atoms with E-state index in [-0.39, 0.29) is 11.7 Å². The molecule has 5 nitrogen and oxygen atoms in total. The number of ketones is 1. The van der Waals surface area contributed by atoms with Crippen LogP contribution in [0, 0.1) is 5.92 Å². The van der Waals surface area contributed by atoms with Crippen LogP contribution in [0.2, 0.25) is 0 Å². The standard InChI is InChI=1S/C25H25NO4/c1-15-22(25(28)30-3)23(18-11-7-8-12-21(18)29-2)24-19(26-15)13-17(14-20(24)27)16-9-5-4-6-10-16/h4-12,17,22-23,26H,1,13-14H2,2-3H3. The number of allylic oxidation sites excluding steroid dienone is 2. The minimum atomic E-state index is -0.706. The van der Waals surface area contributed by atoms with E-state index in [1.807, 2.05) is 42.5 Å². The first-order valence-corrected chi connectivity index (χ1v) is 10.0. The quantitative estimate of drug-likeness (QED) is 0.779. The van der Waals surface area contributed by atoms with E-state index >= 15 is 0 Å². The molecule has 1 aliphatic heterocycles. The van der Waals surface area contributed by atoms with E-state index in [0.29, 0.717) is 29.9 Å². The largest absolute Gasteiger partial charge is 0.496 e. The normalized spacial score (nSPS) is 23.5. The molecular formula is C25H25NO4. The van der Waals surface area contributed by atoms with Crippen molar-refractivity contribution in [1.29, 1.82) is 0 Å². The second-order valence-corrected chi connectivity index (χ2v) is 7.70. The zero-order chi connectivity index (χ0) is 21.3. The van der Waals surface area contributed by atoms with Gasteiger partial charge in [0, 0.05) is 34.9 Å². The molecule has 0 saturated heterocycles. The van der Waals surface area contributed by atoms with Crippen LogP contribution < -0.4 is 10.1 Å². The van der Waals surface area contributed by atoms with Crippen LogP contribution in [0.25, 0.3) is 0 Å². The summed E-state index contributed by atoms with van der Waals surface area (Å²) < 4.78 is 10.6. The van der Waals surface area contributed by atoms with Crippen LogP contribution in [-0.4, -0.2) is 26.0 Å². The maximum Gasteiger partial charge on any atom is 0.315 e. The Morgan fingerprint density at radius 3 is 2.43 bits per heavy atom. The summed E-state index contributed by atoms with van der Waals surface area (Å²) in [7, 11) is 2.94. The van der Waals surface area contributed by atoms with Gasteiger partial charge in [-0.1, -0.05) is 55.1 Å². The van der Waals surface area contributed by atoms with Crippen LogP contribution in [0.3, 0.4) is 0 Å². The van der Waals surface area contributed by atoms with Crippen molar-refractivity contribution in [2.75, 3.05) is 14.2 Å². The zero-order valence-corrected chi connectivity index (χ0v) is 17.2. The number of rotatable bonds is 4. The van der Waals surface area contributed by atoms with Crippen LogP contribution in [0.4, 0.5) is 0 Å². The van der Waals surface area contributed by atoms with Crippen molar-refractivity contribution in [3.05, 3.63) is 89.3 Å². The minimum Gasteiger partial charge on any atom is -0.496 e. The van der Waals surface area contributed by atoms with Crippen molar-refractivity contribution in [1.82, 2.24) is 5.32 Å². The maximum absolute atomic E-state index is 13.4. The van der Waals surface area contributed by atoms with Gasteiger partial charge >= 0.3 is 5.97 Å². The Morgan fingerprint density at radius 2 is 1.73 bits per heavy atom. The van der Waals surface area contributed by atoms with Crippen LogP contribution in [-0.2, 0) is 14.3 Å². The third-order valence-corrected chi connectivity index (χ3v) is 6.04. The van der Waals surface area contributed by atoms with E-state index < -0.39 is 17.8 Å². The monoisotopic (exact) mass is 403 g/mol. The van der Waals surface area contributed by atoms with Gasteiger partial charge < -0.3 is 14.8 Å². The van der Waals surface area contributed by atoms with Gasteiger partial charge in [-0.2, -0.15) is 0 Å². The molecule has 0 saturated carbocycles. The summed E-state index contributed by atoms with van der Waals surface area (Å²) >= 11 is 0. The van der Waals surface area contributed by atoms with Crippen molar-refractivity contribution in [2.24, 2.45) is 5.92 Å². The molecular weight excluding hydrogens is 378 g/mol. The predicted molar refractivity (Wildman–Crippen MR) is 114 cm³/mol. The number of para-hydroxylation sites is 1. The molecule has 0 spiro atoms. The van der Waals surface area contributed by atoms with Crippen molar-refractivity contribution in [2.45, 2.75) is 24.7 Å². The van der Waals surface area contributed by atoms with Gasteiger partial charge in [0.1, 0.15) is 11.7 Å². The summed E-state index contributed by atoms with van der Waals surface area (Å²) in [5, 5.41) is 3.27. The Hall–Kier alpha value is -3.34. The number of hydrogen-bond acceptors (Lipinski definition) is 5. The Balaban J connectivity index is 1.84. The van der Waals surface area contributed by atoms with Crippen LogP contribution in [0.5, 0.6) is 5.75 Å². The smallest absolute Gasteiger partial charge is 0.315 e. The van der Waals surface area contributed by atoms with E-state index in [2.05, 4.69) is 24.0 Å². The van der Waals surface area contributed by atoms with Gasteiger partial charge in [0.05, 0.1) is 14.2 Å². The Bertz CT molecular complexity index is 1020. The molecule has 0 bridgehead atoms. The van der Waals surface area contributed by atoms with Crippen LogP contribution in [0.1, 0.15) is 35.8 Å². The first-order valence-electron chi connectivity index (χ1n) is 10.0. The number of benzene rings is 2. The van der Waals surface area contributed by atoms with Crippen LogP contribution in [0.15, 0.2) is 78.1 Å². The van der Waals surface area contributed by atoms with Gasteiger partial charge in [-0.15, -0.1) is 0 Å². The highest BCUT2D eigenvalue weighted by molar-refractivity contribution is 6.01. The van der Waals surface area contributed by atoms with Gasteiger partial charge in [0.2, 0.25) is 0 Å². The van der Waals surface area contributed by atoms with Gasteiger partial charge in [-0.05, 0) is 24.0 Å². The third-order valence-electron chi connectivity index (χ3n) is 6.04. The molecule has 30 heavy (non-hydrogen) atoms. The fourth-order valence-electron chi connectivity index (χ4n) is 4.67. The average Bonchev–Trinajstić information content (AvgIpc) is 2.78. The molecule has 3 atom stereocenters. The van der Waals surface area contributed by atoms with E-state index in [1.165, 1.54) is 7.11 Å². The lowest BCUT2D eigenvalue weighted by atomic mass is 9.69. The minimum absolute atomic E-state index is 0.0370. The highest BCUT2D eigenvalue weighted by atomic mass is 16.5. The van der Waals surface area contributed by atoms with E-state index in [1.54, 1.807) is 7.11 Å². The topological polar surface area (TPSA) is 64.6 Å².